The number of hydrogen-bond acceptors (Lipinski definition) is 4. The molecule has 1 unspecified atom stereocenters. The van der Waals surface area contributed by atoms with Crippen molar-refractivity contribution in [1.82, 2.24) is 18.8 Å². The van der Waals surface area contributed by atoms with Crippen LogP contribution in [0.5, 0.6) is 0 Å². The topological polar surface area (TPSA) is 58.4 Å². The second-order valence-corrected chi connectivity index (χ2v) is 7.19. The molecule has 1 saturated heterocycles. The Morgan fingerprint density at radius 3 is 2.60 bits per heavy atom. The van der Waals surface area contributed by atoms with E-state index < -0.39 is 10.0 Å². The van der Waals surface area contributed by atoms with Crippen LogP contribution >= 0.6 is 11.6 Å². The van der Waals surface area contributed by atoms with Gasteiger partial charge in [0.15, 0.2) is 0 Å². The highest BCUT2D eigenvalue weighted by Gasteiger charge is 2.37. The van der Waals surface area contributed by atoms with Crippen molar-refractivity contribution >= 4 is 21.6 Å². The van der Waals surface area contributed by atoms with Crippen molar-refractivity contribution < 1.29 is 8.42 Å². The van der Waals surface area contributed by atoms with Crippen molar-refractivity contribution in [3.63, 3.8) is 0 Å². The fraction of sp³-hybridized carbons (Fsp3) is 0.750. The normalized spacial score (nSPS) is 20.9. The molecule has 8 heteroatoms. The number of aryl methyl sites for hydroxylation is 1. The minimum absolute atomic E-state index is 0.0399. The molecule has 0 aliphatic carbocycles. The molecule has 1 aromatic rings. The van der Waals surface area contributed by atoms with Gasteiger partial charge in [0.1, 0.15) is 5.15 Å². The molecular formula is C12H21ClN4O2S. The van der Waals surface area contributed by atoms with Gasteiger partial charge in [-0.05, 0) is 19.5 Å². The standard InChI is InChI=1S/C12H21ClN4O2S/c1-4-16(5-2)10-6-7-17(8-10)20(18,19)12-11(13)15(3)9-14-12/h9-10H,4-8H2,1-3H3. The zero-order valence-corrected chi connectivity index (χ0v) is 13.7. The second kappa shape index (κ2) is 6.01. The van der Waals surface area contributed by atoms with Crippen molar-refractivity contribution in [2.45, 2.75) is 31.3 Å². The maximum atomic E-state index is 12.6. The number of rotatable bonds is 5. The van der Waals surface area contributed by atoms with Gasteiger partial charge >= 0.3 is 0 Å². The number of likely N-dealkylation sites (N-methyl/N-ethyl adjacent to an activating group) is 1. The Morgan fingerprint density at radius 2 is 2.10 bits per heavy atom. The predicted molar refractivity (Wildman–Crippen MR) is 78.3 cm³/mol. The average Bonchev–Trinajstić information content (AvgIpc) is 3.01. The van der Waals surface area contributed by atoms with Gasteiger partial charge in [-0.3, -0.25) is 4.90 Å². The summed E-state index contributed by atoms with van der Waals surface area (Å²) in [6, 6.07) is 0.280. The molecule has 2 heterocycles. The zero-order chi connectivity index (χ0) is 14.9. The van der Waals surface area contributed by atoms with E-state index >= 15 is 0 Å². The van der Waals surface area contributed by atoms with Crippen LogP contribution in [-0.4, -0.2) is 59.4 Å². The molecule has 1 atom stereocenters. The largest absolute Gasteiger partial charge is 0.324 e. The molecule has 1 fully saturated rings. The van der Waals surface area contributed by atoms with E-state index in [9.17, 15) is 8.42 Å². The molecule has 1 aliphatic heterocycles. The van der Waals surface area contributed by atoms with Gasteiger partial charge in [0, 0.05) is 26.2 Å². The Kier molecular flexibility index (Phi) is 4.73. The van der Waals surface area contributed by atoms with Gasteiger partial charge in [-0.25, -0.2) is 13.4 Å². The van der Waals surface area contributed by atoms with Crippen LogP contribution in [0, 0.1) is 0 Å². The molecule has 20 heavy (non-hydrogen) atoms. The zero-order valence-electron chi connectivity index (χ0n) is 12.1. The van der Waals surface area contributed by atoms with Crippen molar-refractivity contribution in [3.8, 4) is 0 Å². The Morgan fingerprint density at radius 1 is 1.45 bits per heavy atom. The third-order valence-electron chi connectivity index (χ3n) is 3.87. The molecule has 6 nitrogen and oxygen atoms in total. The molecule has 0 radical (unpaired) electrons. The first-order valence-corrected chi connectivity index (χ1v) is 8.64. The van der Waals surface area contributed by atoms with E-state index in [0.29, 0.717) is 13.1 Å². The molecule has 0 bridgehead atoms. The van der Waals surface area contributed by atoms with Gasteiger partial charge in [-0.2, -0.15) is 4.31 Å². The SMILES string of the molecule is CCN(CC)C1CCN(S(=O)(=O)c2ncn(C)c2Cl)C1. The van der Waals surface area contributed by atoms with E-state index in [2.05, 4.69) is 23.7 Å². The van der Waals surface area contributed by atoms with Crippen molar-refractivity contribution in [1.29, 1.82) is 0 Å². The van der Waals surface area contributed by atoms with Gasteiger partial charge in [-0.1, -0.05) is 25.4 Å². The van der Waals surface area contributed by atoms with E-state index in [1.807, 2.05) is 0 Å². The van der Waals surface area contributed by atoms with Crippen LogP contribution in [-0.2, 0) is 17.1 Å². The Bertz CT molecular complexity index is 568. The third-order valence-corrected chi connectivity index (χ3v) is 6.23. The molecule has 0 saturated carbocycles. The van der Waals surface area contributed by atoms with Crippen molar-refractivity contribution in [2.75, 3.05) is 26.2 Å². The maximum Gasteiger partial charge on any atom is 0.263 e. The van der Waals surface area contributed by atoms with Crippen LogP contribution in [0.4, 0.5) is 0 Å². The molecule has 0 amide bonds. The van der Waals surface area contributed by atoms with Crippen LogP contribution < -0.4 is 0 Å². The summed E-state index contributed by atoms with van der Waals surface area (Å²) in [5.41, 5.74) is 0. The predicted octanol–water partition coefficient (Wildman–Crippen LogP) is 1.18. The Balaban J connectivity index is 2.19. The van der Waals surface area contributed by atoms with Crippen LogP contribution in [0.1, 0.15) is 20.3 Å². The number of hydrogen-bond donors (Lipinski definition) is 0. The summed E-state index contributed by atoms with van der Waals surface area (Å²) < 4.78 is 28.1. The van der Waals surface area contributed by atoms with Gasteiger partial charge in [0.25, 0.3) is 10.0 Å². The fourth-order valence-electron chi connectivity index (χ4n) is 2.66. The van der Waals surface area contributed by atoms with Gasteiger partial charge < -0.3 is 4.57 Å². The molecule has 1 aliphatic rings. The van der Waals surface area contributed by atoms with Crippen LogP contribution in [0.2, 0.25) is 5.15 Å². The molecule has 1 aromatic heterocycles. The lowest BCUT2D eigenvalue weighted by Gasteiger charge is -2.25. The van der Waals surface area contributed by atoms with Gasteiger partial charge in [0.2, 0.25) is 5.03 Å². The van der Waals surface area contributed by atoms with Crippen LogP contribution in [0.3, 0.4) is 0 Å². The Labute approximate surface area is 125 Å². The highest BCUT2D eigenvalue weighted by Crippen LogP contribution is 2.26. The summed E-state index contributed by atoms with van der Waals surface area (Å²) in [5.74, 6) is 0. The number of halogens is 1. The smallest absolute Gasteiger partial charge is 0.263 e. The van der Waals surface area contributed by atoms with Gasteiger partial charge in [0.05, 0.1) is 6.33 Å². The number of imidazole rings is 1. The van der Waals surface area contributed by atoms with E-state index in [0.717, 1.165) is 19.5 Å². The van der Waals surface area contributed by atoms with Crippen molar-refractivity contribution in [3.05, 3.63) is 11.5 Å². The number of nitrogens with zero attached hydrogens (tertiary/aromatic N) is 4. The molecule has 2 rings (SSSR count). The number of sulfonamides is 1. The quantitative estimate of drug-likeness (QED) is 0.817. The minimum atomic E-state index is -3.59. The number of aromatic nitrogens is 2. The summed E-state index contributed by atoms with van der Waals surface area (Å²) in [6.07, 6.45) is 2.28. The molecule has 0 aromatic carbocycles. The van der Waals surface area contributed by atoms with Gasteiger partial charge in [-0.15, -0.1) is 0 Å². The first-order valence-electron chi connectivity index (χ1n) is 6.82. The van der Waals surface area contributed by atoms with E-state index in [1.165, 1.54) is 15.2 Å². The highest BCUT2D eigenvalue weighted by atomic mass is 35.5. The highest BCUT2D eigenvalue weighted by molar-refractivity contribution is 7.89. The molecule has 114 valence electrons. The first-order chi connectivity index (χ1) is 9.41. The summed E-state index contributed by atoms with van der Waals surface area (Å²) in [6.45, 7) is 7.08. The lowest BCUT2D eigenvalue weighted by atomic mass is 10.2. The molecule has 0 spiro atoms. The maximum absolute atomic E-state index is 12.6. The average molecular weight is 321 g/mol. The van der Waals surface area contributed by atoms with E-state index in [-0.39, 0.29) is 16.2 Å². The molecule has 0 N–H and O–H groups in total. The van der Waals surface area contributed by atoms with Crippen LogP contribution in [0.25, 0.3) is 0 Å². The molecular weight excluding hydrogens is 300 g/mol. The van der Waals surface area contributed by atoms with E-state index in [1.54, 1.807) is 7.05 Å². The first kappa shape index (κ1) is 15.8. The lowest BCUT2D eigenvalue weighted by Crippen LogP contribution is -2.38. The van der Waals surface area contributed by atoms with Crippen LogP contribution in [0.15, 0.2) is 11.4 Å². The second-order valence-electron chi connectivity index (χ2n) is 4.98. The fourth-order valence-corrected chi connectivity index (χ4v) is 4.54. The summed E-state index contributed by atoms with van der Waals surface area (Å²) >= 11 is 6.01. The van der Waals surface area contributed by atoms with E-state index in [4.69, 9.17) is 11.6 Å². The Hall–Kier alpha value is -0.630. The summed E-state index contributed by atoms with van der Waals surface area (Å²) in [7, 11) is -1.91. The minimum Gasteiger partial charge on any atom is -0.324 e. The van der Waals surface area contributed by atoms with Crippen molar-refractivity contribution in [2.24, 2.45) is 7.05 Å². The third kappa shape index (κ3) is 2.72. The lowest BCUT2D eigenvalue weighted by molar-refractivity contribution is 0.224. The summed E-state index contributed by atoms with van der Waals surface area (Å²) in [4.78, 5) is 6.22. The monoisotopic (exact) mass is 320 g/mol. The summed E-state index contributed by atoms with van der Waals surface area (Å²) in [5, 5.41) is 0.123.